The number of nitro benzene ring substituents is 1. The lowest BCUT2D eigenvalue weighted by molar-refractivity contribution is -0.385. The van der Waals surface area contributed by atoms with Crippen molar-refractivity contribution in [3.8, 4) is 0 Å². The van der Waals surface area contributed by atoms with Gasteiger partial charge in [0.25, 0.3) is 12.1 Å². The van der Waals surface area contributed by atoms with Crippen molar-refractivity contribution < 1.29 is 23.5 Å². The summed E-state index contributed by atoms with van der Waals surface area (Å²) < 4.78 is 31.2. The van der Waals surface area contributed by atoms with Crippen LogP contribution >= 0.6 is 0 Å². The van der Waals surface area contributed by atoms with Crippen molar-refractivity contribution in [2.24, 2.45) is 0 Å². The van der Waals surface area contributed by atoms with Crippen molar-refractivity contribution in [2.45, 2.75) is 31.5 Å². The van der Waals surface area contributed by atoms with Crippen LogP contribution in [0.25, 0.3) is 0 Å². The van der Waals surface area contributed by atoms with Gasteiger partial charge in [-0.05, 0) is 13.0 Å². The second-order valence-corrected chi connectivity index (χ2v) is 5.05. The summed E-state index contributed by atoms with van der Waals surface area (Å²) in [6.07, 6.45) is -2.85. The molecule has 2 rings (SSSR count). The molecule has 1 fully saturated rings. The standard InChI is InChI=1S/C13H16F2N2O4/c1-8-13(18,4-5-21-8)7-16-11-3-2-9(17(19)20)6-10(11)12(14)15/h2-3,6,8,12,16,18H,4-5,7H2,1H3. The number of halogens is 2. The Hall–Kier alpha value is -1.80. The van der Waals surface area contributed by atoms with E-state index in [4.69, 9.17) is 4.74 Å². The number of nitrogens with zero attached hydrogens (tertiary/aromatic N) is 1. The van der Waals surface area contributed by atoms with Gasteiger partial charge >= 0.3 is 0 Å². The van der Waals surface area contributed by atoms with Gasteiger partial charge in [0.1, 0.15) is 5.60 Å². The Labute approximate surface area is 119 Å². The van der Waals surface area contributed by atoms with Gasteiger partial charge < -0.3 is 15.2 Å². The van der Waals surface area contributed by atoms with E-state index in [9.17, 15) is 24.0 Å². The lowest BCUT2D eigenvalue weighted by atomic mass is 9.96. The zero-order valence-electron chi connectivity index (χ0n) is 11.4. The minimum absolute atomic E-state index is 0.0334. The molecule has 1 aromatic rings. The summed E-state index contributed by atoms with van der Waals surface area (Å²) in [6.45, 7) is 2.14. The first kappa shape index (κ1) is 15.6. The Kier molecular flexibility index (Phi) is 4.38. The van der Waals surface area contributed by atoms with E-state index in [1.165, 1.54) is 6.07 Å². The number of anilines is 1. The van der Waals surface area contributed by atoms with Gasteiger partial charge in [-0.15, -0.1) is 0 Å². The Morgan fingerprint density at radius 3 is 2.86 bits per heavy atom. The Bertz CT molecular complexity index is 541. The molecule has 0 radical (unpaired) electrons. The second kappa shape index (κ2) is 5.90. The molecule has 116 valence electrons. The van der Waals surface area contributed by atoms with Gasteiger partial charge in [0.15, 0.2) is 0 Å². The van der Waals surface area contributed by atoms with Crippen LogP contribution in [0.15, 0.2) is 18.2 Å². The van der Waals surface area contributed by atoms with Crippen LogP contribution in [0.4, 0.5) is 20.2 Å². The topological polar surface area (TPSA) is 84.6 Å². The molecule has 1 aromatic carbocycles. The first-order chi connectivity index (χ1) is 9.83. The van der Waals surface area contributed by atoms with Gasteiger partial charge in [-0.3, -0.25) is 10.1 Å². The van der Waals surface area contributed by atoms with Crippen molar-refractivity contribution in [2.75, 3.05) is 18.5 Å². The maximum absolute atomic E-state index is 13.0. The van der Waals surface area contributed by atoms with Crippen molar-refractivity contribution in [3.63, 3.8) is 0 Å². The summed E-state index contributed by atoms with van der Waals surface area (Å²) >= 11 is 0. The predicted octanol–water partition coefficient (Wildman–Crippen LogP) is 2.48. The number of ether oxygens (including phenoxy) is 1. The summed E-state index contributed by atoms with van der Waals surface area (Å²) in [6, 6.07) is 3.21. The normalized spacial score (nSPS) is 25.3. The fourth-order valence-corrected chi connectivity index (χ4v) is 2.26. The molecular formula is C13H16F2N2O4. The highest BCUT2D eigenvalue weighted by Crippen LogP contribution is 2.32. The number of hydrogen-bond acceptors (Lipinski definition) is 5. The molecule has 2 unspecified atom stereocenters. The Morgan fingerprint density at radius 2 is 2.33 bits per heavy atom. The highest BCUT2D eigenvalue weighted by molar-refractivity contribution is 5.56. The minimum Gasteiger partial charge on any atom is -0.385 e. The maximum Gasteiger partial charge on any atom is 0.270 e. The summed E-state index contributed by atoms with van der Waals surface area (Å²) in [5, 5.41) is 23.7. The number of rotatable bonds is 5. The third-order valence-corrected chi connectivity index (χ3v) is 3.73. The summed E-state index contributed by atoms with van der Waals surface area (Å²) in [4.78, 5) is 9.91. The highest BCUT2D eigenvalue weighted by Gasteiger charge is 2.39. The summed E-state index contributed by atoms with van der Waals surface area (Å²) in [5.41, 5.74) is -1.92. The number of non-ortho nitro benzene ring substituents is 1. The molecule has 1 aliphatic rings. The van der Waals surface area contributed by atoms with Crippen molar-refractivity contribution >= 4 is 11.4 Å². The number of nitrogens with one attached hydrogen (secondary N) is 1. The average molecular weight is 302 g/mol. The first-order valence-electron chi connectivity index (χ1n) is 6.48. The third-order valence-electron chi connectivity index (χ3n) is 3.73. The van der Waals surface area contributed by atoms with Crippen LogP contribution in [0.1, 0.15) is 25.3 Å². The molecule has 0 saturated carbocycles. The molecule has 0 amide bonds. The summed E-state index contributed by atoms with van der Waals surface area (Å²) in [7, 11) is 0. The molecule has 2 atom stereocenters. The molecule has 1 saturated heterocycles. The van der Waals surface area contributed by atoms with E-state index in [1.54, 1.807) is 6.92 Å². The fourth-order valence-electron chi connectivity index (χ4n) is 2.26. The summed E-state index contributed by atoms with van der Waals surface area (Å²) in [5.74, 6) is 0. The van der Waals surface area contributed by atoms with Gasteiger partial charge in [0, 0.05) is 43.0 Å². The molecule has 1 aliphatic heterocycles. The molecule has 0 bridgehead atoms. The van der Waals surface area contributed by atoms with Gasteiger partial charge in [-0.25, -0.2) is 8.78 Å². The van der Waals surface area contributed by atoms with Crippen LogP contribution in [0, 0.1) is 10.1 Å². The maximum atomic E-state index is 13.0. The second-order valence-electron chi connectivity index (χ2n) is 5.05. The van der Waals surface area contributed by atoms with Crippen LogP contribution in [0.5, 0.6) is 0 Å². The number of alkyl halides is 2. The zero-order chi connectivity index (χ0) is 15.6. The molecule has 1 heterocycles. The van der Waals surface area contributed by atoms with E-state index in [2.05, 4.69) is 5.32 Å². The minimum atomic E-state index is -2.85. The Morgan fingerprint density at radius 1 is 1.62 bits per heavy atom. The lowest BCUT2D eigenvalue weighted by Gasteiger charge is -2.27. The molecule has 8 heteroatoms. The smallest absolute Gasteiger partial charge is 0.270 e. The van der Waals surface area contributed by atoms with E-state index in [1.807, 2.05) is 0 Å². The van der Waals surface area contributed by atoms with E-state index >= 15 is 0 Å². The third kappa shape index (κ3) is 3.27. The van der Waals surface area contributed by atoms with Gasteiger partial charge in [-0.2, -0.15) is 0 Å². The van der Waals surface area contributed by atoms with Crippen molar-refractivity contribution in [1.29, 1.82) is 0 Å². The number of aliphatic hydroxyl groups is 1. The van der Waals surface area contributed by atoms with Gasteiger partial charge in [0.05, 0.1) is 11.0 Å². The number of hydrogen-bond donors (Lipinski definition) is 2. The molecule has 0 aliphatic carbocycles. The molecule has 0 aromatic heterocycles. The molecular weight excluding hydrogens is 286 g/mol. The molecule has 21 heavy (non-hydrogen) atoms. The largest absolute Gasteiger partial charge is 0.385 e. The van der Waals surface area contributed by atoms with E-state index in [0.29, 0.717) is 13.0 Å². The number of benzene rings is 1. The predicted molar refractivity (Wildman–Crippen MR) is 71.5 cm³/mol. The van der Waals surface area contributed by atoms with Crippen LogP contribution in [-0.2, 0) is 4.74 Å². The molecule has 6 nitrogen and oxygen atoms in total. The quantitative estimate of drug-likeness (QED) is 0.645. The van der Waals surface area contributed by atoms with Crippen molar-refractivity contribution in [1.82, 2.24) is 0 Å². The Balaban J connectivity index is 2.18. The van der Waals surface area contributed by atoms with Crippen molar-refractivity contribution in [3.05, 3.63) is 33.9 Å². The van der Waals surface area contributed by atoms with Crippen LogP contribution in [0.3, 0.4) is 0 Å². The van der Waals surface area contributed by atoms with Crippen LogP contribution in [-0.4, -0.2) is 34.9 Å². The van der Waals surface area contributed by atoms with Gasteiger partial charge in [-0.1, -0.05) is 0 Å². The van der Waals surface area contributed by atoms with Gasteiger partial charge in [0.2, 0.25) is 0 Å². The molecule has 2 N–H and O–H groups in total. The van der Waals surface area contributed by atoms with E-state index in [-0.39, 0.29) is 12.2 Å². The zero-order valence-corrected chi connectivity index (χ0v) is 11.4. The lowest BCUT2D eigenvalue weighted by Crippen LogP contribution is -2.43. The highest BCUT2D eigenvalue weighted by atomic mass is 19.3. The first-order valence-corrected chi connectivity index (χ1v) is 6.48. The monoisotopic (exact) mass is 302 g/mol. The molecule has 0 spiro atoms. The van der Waals surface area contributed by atoms with E-state index in [0.717, 1.165) is 12.1 Å². The fraction of sp³-hybridized carbons (Fsp3) is 0.538. The SMILES string of the molecule is CC1OCCC1(O)CNc1ccc([N+](=O)[O-])cc1C(F)F. The van der Waals surface area contributed by atoms with Crippen LogP contribution in [0.2, 0.25) is 0 Å². The average Bonchev–Trinajstić information content (AvgIpc) is 2.76. The van der Waals surface area contributed by atoms with Crippen LogP contribution < -0.4 is 5.32 Å². The van der Waals surface area contributed by atoms with E-state index < -0.39 is 34.3 Å². The number of nitro groups is 1.